The first kappa shape index (κ1) is 14.4. The Hall–Kier alpha value is -2.50. The van der Waals surface area contributed by atoms with Crippen molar-refractivity contribution in [2.24, 2.45) is 0 Å². The molecule has 2 heterocycles. The van der Waals surface area contributed by atoms with Crippen molar-refractivity contribution in [2.45, 2.75) is 0 Å². The number of benzene rings is 1. The van der Waals surface area contributed by atoms with Gasteiger partial charge in [-0.25, -0.2) is 13.8 Å². The van der Waals surface area contributed by atoms with E-state index in [-0.39, 0.29) is 5.56 Å². The van der Waals surface area contributed by atoms with Crippen LogP contribution >= 0.6 is 0 Å². The van der Waals surface area contributed by atoms with E-state index in [1.54, 1.807) is 6.20 Å². The van der Waals surface area contributed by atoms with Crippen molar-refractivity contribution in [1.82, 2.24) is 9.88 Å². The van der Waals surface area contributed by atoms with Gasteiger partial charge in [0.1, 0.15) is 17.5 Å². The molecule has 4 nitrogen and oxygen atoms in total. The molecule has 1 amide bonds. The van der Waals surface area contributed by atoms with Gasteiger partial charge in [0.2, 0.25) is 0 Å². The van der Waals surface area contributed by atoms with Crippen molar-refractivity contribution in [3.05, 3.63) is 59.8 Å². The molecule has 1 aromatic carbocycles. The topological polar surface area (TPSA) is 36.4 Å². The van der Waals surface area contributed by atoms with Crippen LogP contribution in [0.5, 0.6) is 0 Å². The fraction of sp³-hybridized carbons (Fsp3) is 0.250. The van der Waals surface area contributed by atoms with Crippen LogP contribution < -0.4 is 4.90 Å². The van der Waals surface area contributed by atoms with Crippen LogP contribution in [-0.4, -0.2) is 42.0 Å². The lowest BCUT2D eigenvalue weighted by atomic mass is 10.1. The summed E-state index contributed by atoms with van der Waals surface area (Å²) in [5.41, 5.74) is -0.216. The highest BCUT2D eigenvalue weighted by Gasteiger charge is 2.24. The van der Waals surface area contributed by atoms with E-state index in [4.69, 9.17) is 0 Å². The number of piperazine rings is 1. The normalized spacial score (nSPS) is 15.0. The molecule has 0 aliphatic carbocycles. The van der Waals surface area contributed by atoms with Gasteiger partial charge in [-0.2, -0.15) is 0 Å². The van der Waals surface area contributed by atoms with Crippen LogP contribution in [0.1, 0.15) is 10.4 Å². The molecule has 1 aliphatic rings. The highest BCUT2D eigenvalue weighted by Crippen LogP contribution is 2.16. The molecule has 1 fully saturated rings. The van der Waals surface area contributed by atoms with Crippen molar-refractivity contribution >= 4 is 11.7 Å². The van der Waals surface area contributed by atoms with Gasteiger partial charge >= 0.3 is 0 Å². The zero-order valence-corrected chi connectivity index (χ0v) is 11.9. The standard InChI is InChI=1S/C16H15F2N3O/c17-12-4-5-14(18)13(11-12)16(22)21-9-7-20(8-10-21)15-3-1-2-6-19-15/h1-6,11H,7-10H2. The Labute approximate surface area is 127 Å². The highest BCUT2D eigenvalue weighted by molar-refractivity contribution is 5.94. The number of nitrogens with zero attached hydrogens (tertiary/aromatic N) is 3. The van der Waals surface area contributed by atoms with E-state index in [1.165, 1.54) is 4.90 Å². The molecule has 0 unspecified atom stereocenters. The molecule has 6 heteroatoms. The molecule has 2 aromatic rings. The third-order valence-electron chi connectivity index (χ3n) is 3.70. The lowest BCUT2D eigenvalue weighted by Crippen LogP contribution is -2.49. The molecule has 114 valence electrons. The number of hydrogen-bond donors (Lipinski definition) is 0. The molecule has 0 atom stereocenters. The predicted molar refractivity (Wildman–Crippen MR) is 78.7 cm³/mol. The summed E-state index contributed by atoms with van der Waals surface area (Å²) < 4.78 is 26.9. The maximum absolute atomic E-state index is 13.7. The molecule has 0 spiro atoms. The van der Waals surface area contributed by atoms with Gasteiger partial charge in [-0.1, -0.05) is 6.07 Å². The second-order valence-corrected chi connectivity index (χ2v) is 5.09. The summed E-state index contributed by atoms with van der Waals surface area (Å²) in [6.07, 6.45) is 1.72. The SMILES string of the molecule is O=C(c1cc(F)ccc1F)N1CCN(c2ccccn2)CC1. The minimum absolute atomic E-state index is 0.216. The number of carbonyl (C=O) groups is 1. The molecular formula is C16H15F2N3O. The maximum atomic E-state index is 13.7. The summed E-state index contributed by atoms with van der Waals surface area (Å²) in [4.78, 5) is 20.2. The molecule has 22 heavy (non-hydrogen) atoms. The van der Waals surface area contributed by atoms with Gasteiger partial charge in [0.15, 0.2) is 0 Å². The fourth-order valence-electron chi connectivity index (χ4n) is 2.51. The van der Waals surface area contributed by atoms with Gasteiger partial charge in [0.25, 0.3) is 5.91 Å². The second kappa shape index (κ2) is 6.09. The van der Waals surface area contributed by atoms with Crippen molar-refractivity contribution in [1.29, 1.82) is 0 Å². The van der Waals surface area contributed by atoms with Gasteiger partial charge in [-0.15, -0.1) is 0 Å². The smallest absolute Gasteiger partial charge is 0.257 e. The second-order valence-electron chi connectivity index (χ2n) is 5.09. The number of pyridine rings is 1. The number of rotatable bonds is 2. The average molecular weight is 303 g/mol. The Balaban J connectivity index is 1.68. The molecule has 0 N–H and O–H groups in total. The van der Waals surface area contributed by atoms with Crippen LogP contribution in [0, 0.1) is 11.6 Å². The summed E-state index contributed by atoms with van der Waals surface area (Å²) in [5.74, 6) is -0.931. The summed E-state index contributed by atoms with van der Waals surface area (Å²) in [6, 6.07) is 8.59. The van der Waals surface area contributed by atoms with Gasteiger partial charge in [-0.3, -0.25) is 4.79 Å². The summed E-state index contributed by atoms with van der Waals surface area (Å²) in [6.45, 7) is 2.12. The third kappa shape index (κ3) is 2.90. The van der Waals surface area contributed by atoms with Crippen molar-refractivity contribution < 1.29 is 13.6 Å². The Morgan fingerprint density at radius 1 is 1.05 bits per heavy atom. The summed E-state index contributed by atoms with van der Waals surface area (Å²) in [7, 11) is 0. The molecule has 1 aromatic heterocycles. The highest BCUT2D eigenvalue weighted by atomic mass is 19.1. The Kier molecular flexibility index (Phi) is 4.00. The first-order valence-electron chi connectivity index (χ1n) is 7.05. The molecule has 1 saturated heterocycles. The zero-order valence-electron chi connectivity index (χ0n) is 11.9. The van der Waals surface area contributed by atoms with E-state index in [2.05, 4.69) is 9.88 Å². The Morgan fingerprint density at radius 2 is 1.82 bits per heavy atom. The van der Waals surface area contributed by atoms with Gasteiger partial charge in [0.05, 0.1) is 5.56 Å². The van der Waals surface area contributed by atoms with Crippen LogP contribution in [0.15, 0.2) is 42.6 Å². The van der Waals surface area contributed by atoms with Crippen LogP contribution in [0.3, 0.4) is 0 Å². The number of halogens is 2. The van der Waals surface area contributed by atoms with Crippen molar-refractivity contribution in [3.63, 3.8) is 0 Å². The van der Waals surface area contributed by atoms with Crippen molar-refractivity contribution in [3.8, 4) is 0 Å². The number of carbonyl (C=O) groups excluding carboxylic acids is 1. The Bertz CT molecular complexity index is 670. The first-order chi connectivity index (χ1) is 10.6. The van der Waals surface area contributed by atoms with E-state index in [9.17, 15) is 13.6 Å². The maximum Gasteiger partial charge on any atom is 0.257 e. The third-order valence-corrected chi connectivity index (χ3v) is 3.70. The number of aromatic nitrogens is 1. The molecule has 3 rings (SSSR count). The molecule has 0 bridgehead atoms. The van der Waals surface area contributed by atoms with Gasteiger partial charge in [0, 0.05) is 32.4 Å². The van der Waals surface area contributed by atoms with Crippen molar-refractivity contribution in [2.75, 3.05) is 31.1 Å². The van der Waals surface area contributed by atoms with E-state index in [0.29, 0.717) is 26.2 Å². The van der Waals surface area contributed by atoms with E-state index >= 15 is 0 Å². The average Bonchev–Trinajstić information content (AvgIpc) is 2.57. The fourth-order valence-corrected chi connectivity index (χ4v) is 2.51. The lowest BCUT2D eigenvalue weighted by Gasteiger charge is -2.35. The number of hydrogen-bond acceptors (Lipinski definition) is 3. The molecule has 0 saturated carbocycles. The first-order valence-corrected chi connectivity index (χ1v) is 7.05. The number of amides is 1. The van der Waals surface area contributed by atoms with Gasteiger partial charge < -0.3 is 9.80 Å². The number of anilines is 1. The molecule has 0 radical (unpaired) electrons. The van der Waals surface area contributed by atoms with E-state index in [0.717, 1.165) is 24.0 Å². The minimum Gasteiger partial charge on any atom is -0.353 e. The monoisotopic (exact) mass is 303 g/mol. The zero-order chi connectivity index (χ0) is 15.5. The quantitative estimate of drug-likeness (QED) is 0.854. The molecule has 1 aliphatic heterocycles. The van der Waals surface area contributed by atoms with Crippen LogP contribution in [0.2, 0.25) is 0 Å². The van der Waals surface area contributed by atoms with E-state index in [1.807, 2.05) is 18.2 Å². The summed E-state index contributed by atoms with van der Waals surface area (Å²) >= 11 is 0. The van der Waals surface area contributed by atoms with E-state index < -0.39 is 17.5 Å². The minimum atomic E-state index is -0.696. The Morgan fingerprint density at radius 3 is 2.50 bits per heavy atom. The van der Waals surface area contributed by atoms with Gasteiger partial charge in [-0.05, 0) is 30.3 Å². The van der Waals surface area contributed by atoms with Crippen LogP contribution in [0.4, 0.5) is 14.6 Å². The predicted octanol–water partition coefficient (Wildman–Crippen LogP) is 2.32. The molecular weight excluding hydrogens is 288 g/mol. The summed E-state index contributed by atoms with van der Waals surface area (Å²) in [5, 5.41) is 0. The largest absolute Gasteiger partial charge is 0.353 e. The van der Waals surface area contributed by atoms with Crippen LogP contribution in [-0.2, 0) is 0 Å². The van der Waals surface area contributed by atoms with Crippen LogP contribution in [0.25, 0.3) is 0 Å². The lowest BCUT2D eigenvalue weighted by molar-refractivity contribution is 0.0741.